The average molecular weight is 340 g/mol. The summed E-state index contributed by atoms with van der Waals surface area (Å²) in [5, 5.41) is 0. The molecule has 0 aromatic heterocycles. The lowest BCUT2D eigenvalue weighted by Gasteiger charge is -2.30. The lowest BCUT2D eigenvalue weighted by Crippen LogP contribution is -2.47. The van der Waals surface area contributed by atoms with Gasteiger partial charge in [0.2, 0.25) is 15.9 Å². The first kappa shape index (κ1) is 17.7. The number of primary amides is 1. The van der Waals surface area contributed by atoms with E-state index in [9.17, 15) is 13.2 Å². The number of hydrogen-bond acceptors (Lipinski definition) is 4. The van der Waals surface area contributed by atoms with Gasteiger partial charge < -0.3 is 10.5 Å². The zero-order chi connectivity index (χ0) is 17.2. The molecule has 0 bridgehead atoms. The van der Waals surface area contributed by atoms with E-state index in [1.165, 1.54) is 6.07 Å². The third-order valence-electron chi connectivity index (χ3n) is 4.64. The van der Waals surface area contributed by atoms with Gasteiger partial charge in [0.15, 0.2) is 0 Å². The van der Waals surface area contributed by atoms with Crippen molar-refractivity contribution in [2.45, 2.75) is 50.5 Å². The first-order chi connectivity index (χ1) is 10.8. The highest BCUT2D eigenvalue weighted by molar-refractivity contribution is 7.89. The molecule has 7 heteroatoms. The Kier molecular flexibility index (Phi) is 5.31. The Bertz CT molecular complexity index is 700. The molecule has 23 heavy (non-hydrogen) atoms. The summed E-state index contributed by atoms with van der Waals surface area (Å²) in [5.74, 6) is -0.243. The molecule has 3 N–H and O–H groups in total. The predicted molar refractivity (Wildman–Crippen MR) is 87.7 cm³/mol. The van der Waals surface area contributed by atoms with Gasteiger partial charge in [0.1, 0.15) is 5.75 Å². The van der Waals surface area contributed by atoms with Crippen LogP contribution in [-0.2, 0) is 14.8 Å². The van der Waals surface area contributed by atoms with Crippen molar-refractivity contribution in [1.29, 1.82) is 0 Å². The lowest BCUT2D eigenvalue weighted by atomic mass is 9.85. The van der Waals surface area contributed by atoms with Crippen molar-refractivity contribution in [3.8, 4) is 5.75 Å². The fraction of sp³-hybridized carbons (Fsp3) is 0.562. The maximum Gasteiger partial charge on any atom is 0.241 e. The molecule has 0 unspecified atom stereocenters. The summed E-state index contributed by atoms with van der Waals surface area (Å²) in [4.78, 5) is 11.8. The van der Waals surface area contributed by atoms with Gasteiger partial charge in [-0.25, -0.2) is 13.1 Å². The van der Waals surface area contributed by atoms with Crippen LogP contribution in [0.1, 0.15) is 36.8 Å². The van der Waals surface area contributed by atoms with Crippen LogP contribution in [0.5, 0.6) is 5.75 Å². The molecule has 2 atom stereocenters. The van der Waals surface area contributed by atoms with Gasteiger partial charge in [0.25, 0.3) is 0 Å². The van der Waals surface area contributed by atoms with E-state index in [1.54, 1.807) is 20.1 Å². The molecular weight excluding hydrogens is 316 g/mol. The fourth-order valence-corrected chi connectivity index (χ4v) is 4.77. The van der Waals surface area contributed by atoms with E-state index >= 15 is 0 Å². The molecule has 0 aliphatic heterocycles. The van der Waals surface area contributed by atoms with Crippen LogP contribution in [0.4, 0.5) is 0 Å². The molecule has 1 fully saturated rings. The number of nitrogens with one attached hydrogen (secondary N) is 1. The second kappa shape index (κ2) is 6.88. The summed E-state index contributed by atoms with van der Waals surface area (Å²) < 4.78 is 33.4. The van der Waals surface area contributed by atoms with Crippen molar-refractivity contribution < 1.29 is 17.9 Å². The molecule has 1 aromatic carbocycles. The van der Waals surface area contributed by atoms with Crippen LogP contribution in [0.15, 0.2) is 17.0 Å². The van der Waals surface area contributed by atoms with E-state index in [2.05, 4.69) is 4.72 Å². The summed E-state index contributed by atoms with van der Waals surface area (Å²) in [7, 11) is -2.17. The smallest absolute Gasteiger partial charge is 0.241 e. The van der Waals surface area contributed by atoms with Gasteiger partial charge in [0, 0.05) is 6.04 Å². The molecular formula is C16H24N2O4S. The summed E-state index contributed by atoms with van der Waals surface area (Å²) in [6, 6.07) is 2.74. The highest BCUT2D eigenvalue weighted by Gasteiger charge is 2.33. The Labute approximate surface area is 137 Å². The van der Waals surface area contributed by atoms with Gasteiger partial charge in [-0.15, -0.1) is 0 Å². The summed E-state index contributed by atoms with van der Waals surface area (Å²) in [5.41, 5.74) is 6.84. The number of rotatable bonds is 5. The Balaban J connectivity index is 2.32. The Morgan fingerprint density at radius 1 is 1.22 bits per heavy atom. The number of nitrogens with two attached hydrogens (primary N) is 1. The van der Waals surface area contributed by atoms with Crippen LogP contribution >= 0.6 is 0 Å². The van der Waals surface area contributed by atoms with Crippen molar-refractivity contribution >= 4 is 15.9 Å². The van der Waals surface area contributed by atoms with E-state index in [0.29, 0.717) is 24.2 Å². The van der Waals surface area contributed by atoms with E-state index in [-0.39, 0.29) is 4.90 Å². The van der Waals surface area contributed by atoms with E-state index in [1.807, 2.05) is 6.92 Å². The molecule has 2 rings (SSSR count). The molecule has 1 amide bonds. The van der Waals surface area contributed by atoms with Crippen LogP contribution < -0.4 is 15.2 Å². The van der Waals surface area contributed by atoms with Crippen molar-refractivity contribution in [2.75, 3.05) is 7.11 Å². The number of hydrogen-bond donors (Lipinski definition) is 2. The predicted octanol–water partition coefficient (Wildman–Crippen LogP) is 1.63. The highest BCUT2D eigenvalue weighted by Crippen LogP contribution is 2.29. The minimum Gasteiger partial charge on any atom is -0.496 e. The van der Waals surface area contributed by atoms with Gasteiger partial charge in [0.05, 0.1) is 17.9 Å². The van der Waals surface area contributed by atoms with Gasteiger partial charge >= 0.3 is 0 Å². The number of sulfonamides is 1. The molecule has 0 radical (unpaired) electrons. The van der Waals surface area contributed by atoms with Crippen molar-refractivity contribution in [2.24, 2.45) is 11.7 Å². The number of methoxy groups -OCH3 is 1. The zero-order valence-electron chi connectivity index (χ0n) is 13.8. The standard InChI is InChI=1S/C16H24N2O4S/c1-10-11(2)15(9-8-14(10)22-3)23(20,21)18-13-7-5-4-6-12(13)16(17)19/h8-9,12-13,18H,4-7H2,1-3H3,(H2,17,19)/t12-,13-/m1/s1. The van der Waals surface area contributed by atoms with Gasteiger partial charge in [-0.05, 0) is 49.9 Å². The summed E-state index contributed by atoms with van der Waals surface area (Å²) in [6.07, 6.45) is 3.04. The first-order valence-electron chi connectivity index (χ1n) is 7.73. The van der Waals surface area contributed by atoms with Crippen LogP contribution in [0.2, 0.25) is 0 Å². The summed E-state index contributed by atoms with van der Waals surface area (Å²) >= 11 is 0. The lowest BCUT2D eigenvalue weighted by molar-refractivity contribution is -0.123. The molecule has 1 aromatic rings. The quantitative estimate of drug-likeness (QED) is 0.851. The summed E-state index contributed by atoms with van der Waals surface area (Å²) in [6.45, 7) is 3.57. The van der Waals surface area contributed by atoms with E-state index in [4.69, 9.17) is 10.5 Å². The minimum absolute atomic E-state index is 0.213. The number of benzene rings is 1. The maximum absolute atomic E-state index is 12.7. The monoisotopic (exact) mass is 340 g/mol. The largest absolute Gasteiger partial charge is 0.496 e. The first-order valence-corrected chi connectivity index (χ1v) is 9.22. The maximum atomic E-state index is 12.7. The Morgan fingerprint density at radius 2 is 1.87 bits per heavy atom. The Hall–Kier alpha value is -1.60. The molecule has 1 saturated carbocycles. The number of carbonyl (C=O) groups is 1. The third-order valence-corrected chi connectivity index (χ3v) is 6.27. The highest BCUT2D eigenvalue weighted by atomic mass is 32.2. The molecule has 0 saturated heterocycles. The Morgan fingerprint density at radius 3 is 2.48 bits per heavy atom. The van der Waals surface area contributed by atoms with Gasteiger partial charge in [-0.3, -0.25) is 4.79 Å². The molecule has 0 heterocycles. The molecule has 128 valence electrons. The molecule has 0 spiro atoms. The second-order valence-electron chi connectivity index (χ2n) is 6.04. The van der Waals surface area contributed by atoms with Crippen LogP contribution in [0, 0.1) is 19.8 Å². The molecule has 6 nitrogen and oxygen atoms in total. The molecule has 1 aliphatic carbocycles. The number of ether oxygens (including phenoxy) is 1. The minimum atomic E-state index is -3.72. The van der Waals surface area contributed by atoms with E-state index in [0.717, 1.165) is 18.4 Å². The SMILES string of the molecule is COc1ccc(S(=O)(=O)N[C@@H]2CCCC[C@H]2C(N)=O)c(C)c1C. The van der Waals surface area contributed by atoms with Crippen LogP contribution in [0.3, 0.4) is 0 Å². The second-order valence-corrected chi connectivity index (χ2v) is 7.72. The normalized spacial score (nSPS) is 21.9. The number of amides is 1. The van der Waals surface area contributed by atoms with Crippen molar-refractivity contribution in [3.63, 3.8) is 0 Å². The van der Waals surface area contributed by atoms with E-state index < -0.39 is 27.9 Å². The third kappa shape index (κ3) is 3.67. The van der Waals surface area contributed by atoms with Gasteiger partial charge in [-0.1, -0.05) is 12.8 Å². The molecule has 1 aliphatic rings. The average Bonchev–Trinajstić information content (AvgIpc) is 2.49. The fourth-order valence-electron chi connectivity index (χ4n) is 3.16. The van der Waals surface area contributed by atoms with Crippen molar-refractivity contribution in [3.05, 3.63) is 23.3 Å². The van der Waals surface area contributed by atoms with Gasteiger partial charge in [-0.2, -0.15) is 0 Å². The topological polar surface area (TPSA) is 98.5 Å². The van der Waals surface area contributed by atoms with Crippen LogP contribution in [-0.4, -0.2) is 27.5 Å². The zero-order valence-corrected chi connectivity index (χ0v) is 14.6. The van der Waals surface area contributed by atoms with Crippen LogP contribution in [0.25, 0.3) is 0 Å². The number of carbonyl (C=O) groups excluding carboxylic acids is 1. The van der Waals surface area contributed by atoms with Crippen molar-refractivity contribution in [1.82, 2.24) is 4.72 Å².